The molecular weight excluding hydrogens is 374 g/mol. The average molecular weight is 392 g/mol. The van der Waals surface area contributed by atoms with Crippen molar-refractivity contribution in [2.75, 3.05) is 25.1 Å². The number of hydrogen-bond donors (Lipinski definition) is 1. The smallest absolute Gasteiger partial charge is 0.223 e. The van der Waals surface area contributed by atoms with E-state index in [1.54, 1.807) is 22.7 Å². The maximum absolute atomic E-state index is 9.12. The van der Waals surface area contributed by atoms with Crippen molar-refractivity contribution in [3.63, 3.8) is 0 Å². The lowest BCUT2D eigenvalue weighted by atomic mass is 10.2. The number of fused-ring (bicyclic) bond motifs is 2. The molecule has 0 aliphatic heterocycles. The van der Waals surface area contributed by atoms with Gasteiger partial charge in [0, 0.05) is 28.9 Å². The van der Waals surface area contributed by atoms with E-state index in [1.165, 1.54) is 0 Å². The van der Waals surface area contributed by atoms with Gasteiger partial charge in [0.1, 0.15) is 5.01 Å². The molecule has 4 aromatic rings. The van der Waals surface area contributed by atoms with Gasteiger partial charge in [-0.2, -0.15) is 0 Å². The number of para-hydroxylation sites is 1. The Labute approximate surface area is 165 Å². The summed E-state index contributed by atoms with van der Waals surface area (Å²) < 4.78 is 2.26. The summed E-state index contributed by atoms with van der Waals surface area (Å²) >= 11 is 3.21. The van der Waals surface area contributed by atoms with Crippen LogP contribution in [0.1, 0.15) is 9.88 Å². The number of rotatable bonds is 5. The van der Waals surface area contributed by atoms with Crippen molar-refractivity contribution in [1.82, 2.24) is 4.98 Å². The summed E-state index contributed by atoms with van der Waals surface area (Å²) in [6.45, 7) is 8.32. The zero-order valence-electron chi connectivity index (χ0n) is 14.7. The number of aliphatic hydroxyl groups is 1. The van der Waals surface area contributed by atoms with Crippen LogP contribution in [0.5, 0.6) is 0 Å². The largest absolute Gasteiger partial charge is 0.395 e. The Morgan fingerprint density at radius 1 is 1.19 bits per heavy atom. The Morgan fingerprint density at radius 2 is 2.04 bits per heavy atom. The second-order valence-corrected chi connectivity index (χ2v) is 8.29. The van der Waals surface area contributed by atoms with Crippen LogP contribution in [0, 0.1) is 6.57 Å². The van der Waals surface area contributed by atoms with E-state index in [0.717, 1.165) is 35.9 Å². The number of hydrogen-bond acceptors (Lipinski definition) is 5. The summed E-state index contributed by atoms with van der Waals surface area (Å²) in [5, 5.41) is 11.0. The molecule has 0 saturated heterocycles. The van der Waals surface area contributed by atoms with Crippen molar-refractivity contribution >= 4 is 60.4 Å². The van der Waals surface area contributed by atoms with E-state index in [2.05, 4.69) is 34.1 Å². The number of thiophene rings is 1. The van der Waals surface area contributed by atoms with Gasteiger partial charge in [0.05, 0.1) is 23.4 Å². The van der Waals surface area contributed by atoms with E-state index in [0.29, 0.717) is 12.2 Å². The first-order valence-electron chi connectivity index (χ1n) is 8.48. The summed E-state index contributed by atoms with van der Waals surface area (Å²) in [5.74, 6) is 0. The van der Waals surface area contributed by atoms with Crippen molar-refractivity contribution in [2.24, 2.45) is 0 Å². The van der Waals surface area contributed by atoms with Crippen molar-refractivity contribution in [2.45, 2.75) is 0 Å². The Hall–Kier alpha value is -2.72. The lowest BCUT2D eigenvalue weighted by Gasteiger charge is -2.17. The highest BCUT2D eigenvalue weighted by Crippen LogP contribution is 2.34. The van der Waals surface area contributed by atoms with Crippen LogP contribution in [0.2, 0.25) is 0 Å². The Balaban J connectivity index is 1.70. The summed E-state index contributed by atoms with van der Waals surface area (Å²) in [7, 11) is 1.97. The zero-order valence-corrected chi connectivity index (χ0v) is 16.3. The highest BCUT2D eigenvalue weighted by atomic mass is 32.1. The van der Waals surface area contributed by atoms with Gasteiger partial charge in [0.15, 0.2) is 0 Å². The second-order valence-electron chi connectivity index (χ2n) is 6.14. The predicted octanol–water partition coefficient (Wildman–Crippen LogP) is 5.36. The maximum Gasteiger partial charge on any atom is 0.223 e. The molecule has 0 fully saturated rings. The summed E-state index contributed by atoms with van der Waals surface area (Å²) in [5.41, 5.74) is 2.57. The number of anilines is 1. The van der Waals surface area contributed by atoms with Crippen LogP contribution < -0.4 is 4.90 Å². The standard InChI is InChI=1S/C21H17N3OS2/c1-22-18(21-23-17-5-3-4-6-19(17)27-21)13-16-11-14-7-8-15(12-20(14)26-16)24(2)9-10-25/h3-8,11-13,25H,9-10H2,2H3/b18-13-. The molecule has 2 aromatic carbocycles. The van der Waals surface area contributed by atoms with Gasteiger partial charge in [-0.1, -0.05) is 18.2 Å². The molecule has 0 aliphatic rings. The molecule has 27 heavy (non-hydrogen) atoms. The molecule has 1 N–H and O–H groups in total. The molecule has 6 heteroatoms. The molecule has 0 bridgehead atoms. The van der Waals surface area contributed by atoms with E-state index in [-0.39, 0.29) is 6.61 Å². The van der Waals surface area contributed by atoms with Gasteiger partial charge < -0.3 is 10.0 Å². The highest BCUT2D eigenvalue weighted by molar-refractivity contribution is 7.20. The van der Waals surface area contributed by atoms with Crippen LogP contribution in [0.3, 0.4) is 0 Å². The summed E-state index contributed by atoms with van der Waals surface area (Å²) in [4.78, 5) is 11.4. The third-order valence-corrected chi connectivity index (χ3v) is 6.42. The molecule has 2 heterocycles. The Kier molecular flexibility index (Phi) is 4.90. The van der Waals surface area contributed by atoms with E-state index < -0.39 is 0 Å². The molecule has 4 nitrogen and oxygen atoms in total. The van der Waals surface area contributed by atoms with E-state index in [1.807, 2.05) is 42.3 Å². The van der Waals surface area contributed by atoms with Crippen molar-refractivity contribution in [1.29, 1.82) is 0 Å². The minimum absolute atomic E-state index is 0.128. The molecule has 0 saturated carbocycles. The average Bonchev–Trinajstić information content (AvgIpc) is 3.28. The van der Waals surface area contributed by atoms with Crippen LogP contribution >= 0.6 is 22.7 Å². The molecular formula is C21H17N3OS2. The van der Waals surface area contributed by atoms with Gasteiger partial charge in [-0.05, 0) is 41.8 Å². The first-order valence-corrected chi connectivity index (χ1v) is 10.1. The lowest BCUT2D eigenvalue weighted by Crippen LogP contribution is -2.20. The minimum atomic E-state index is 0.128. The van der Waals surface area contributed by atoms with Gasteiger partial charge in [-0.25, -0.2) is 9.83 Å². The first-order chi connectivity index (χ1) is 13.2. The number of likely N-dealkylation sites (N-methyl/N-ethyl adjacent to an activating group) is 1. The lowest BCUT2D eigenvalue weighted by molar-refractivity contribution is 0.304. The zero-order chi connectivity index (χ0) is 18.8. The molecule has 0 spiro atoms. The predicted molar refractivity (Wildman–Crippen MR) is 116 cm³/mol. The third kappa shape index (κ3) is 3.58. The van der Waals surface area contributed by atoms with Crippen LogP contribution in [0.15, 0.2) is 48.5 Å². The molecule has 4 rings (SSSR count). The molecule has 134 valence electrons. The fourth-order valence-corrected chi connectivity index (χ4v) is 4.85. The molecule has 2 aromatic heterocycles. The topological polar surface area (TPSA) is 40.7 Å². The Bertz CT molecular complexity index is 1150. The number of aromatic nitrogens is 1. The van der Waals surface area contributed by atoms with Crippen LogP contribution in [0.25, 0.3) is 36.9 Å². The number of nitrogens with zero attached hydrogens (tertiary/aromatic N) is 3. The van der Waals surface area contributed by atoms with Crippen molar-refractivity contribution in [3.05, 3.63) is 69.8 Å². The fourth-order valence-electron chi connectivity index (χ4n) is 2.89. The van der Waals surface area contributed by atoms with Crippen molar-refractivity contribution < 1.29 is 5.11 Å². The monoisotopic (exact) mass is 391 g/mol. The van der Waals surface area contributed by atoms with E-state index in [9.17, 15) is 0 Å². The number of benzene rings is 2. The third-order valence-electron chi connectivity index (χ3n) is 4.31. The molecule has 0 aliphatic carbocycles. The second kappa shape index (κ2) is 7.49. The molecule has 0 amide bonds. The minimum Gasteiger partial charge on any atom is -0.395 e. The maximum atomic E-state index is 9.12. The summed E-state index contributed by atoms with van der Waals surface area (Å²) in [6.07, 6.45) is 1.92. The summed E-state index contributed by atoms with van der Waals surface area (Å²) in [6, 6.07) is 16.3. The number of thiazole rings is 1. The van der Waals surface area contributed by atoms with Gasteiger partial charge in [0.2, 0.25) is 5.70 Å². The van der Waals surface area contributed by atoms with Crippen LogP contribution in [-0.4, -0.2) is 30.3 Å². The Morgan fingerprint density at radius 3 is 2.81 bits per heavy atom. The quantitative estimate of drug-likeness (QED) is 0.466. The normalized spacial score (nSPS) is 11.8. The number of aliphatic hydroxyl groups excluding tert-OH is 1. The SMILES string of the molecule is [C-]#[N+]/C(=C\c1cc2ccc(N(C)CCO)cc2s1)c1nc2ccccc2s1. The van der Waals surface area contributed by atoms with Gasteiger partial charge in [0.25, 0.3) is 0 Å². The van der Waals surface area contributed by atoms with E-state index >= 15 is 0 Å². The highest BCUT2D eigenvalue weighted by Gasteiger charge is 2.11. The van der Waals surface area contributed by atoms with E-state index in [4.69, 9.17) is 11.7 Å². The first kappa shape index (κ1) is 17.7. The van der Waals surface area contributed by atoms with Crippen LogP contribution in [0.4, 0.5) is 5.69 Å². The van der Waals surface area contributed by atoms with Gasteiger partial charge in [-0.3, -0.25) is 0 Å². The van der Waals surface area contributed by atoms with Gasteiger partial charge >= 0.3 is 0 Å². The molecule has 0 radical (unpaired) electrons. The fraction of sp³-hybridized carbons (Fsp3) is 0.143. The van der Waals surface area contributed by atoms with Crippen LogP contribution in [-0.2, 0) is 0 Å². The molecule has 0 unspecified atom stereocenters. The van der Waals surface area contributed by atoms with Gasteiger partial charge in [-0.15, -0.1) is 22.7 Å². The molecule has 0 atom stereocenters. The van der Waals surface area contributed by atoms with Crippen molar-refractivity contribution in [3.8, 4) is 0 Å².